The van der Waals surface area contributed by atoms with Crippen LogP contribution in [0.4, 0.5) is 30.2 Å². The van der Waals surface area contributed by atoms with Gasteiger partial charge in [-0.1, -0.05) is 11.6 Å². The van der Waals surface area contributed by atoms with Crippen molar-refractivity contribution in [1.29, 1.82) is 0 Å². The number of morpholine rings is 1. The van der Waals surface area contributed by atoms with Gasteiger partial charge in [0.1, 0.15) is 0 Å². The Bertz CT molecular complexity index is 1060. The zero-order valence-corrected chi connectivity index (χ0v) is 17.8. The molecule has 1 saturated heterocycles. The summed E-state index contributed by atoms with van der Waals surface area (Å²) in [6.45, 7) is 1.74. The lowest BCUT2D eigenvalue weighted by Gasteiger charge is -2.31. The Morgan fingerprint density at radius 3 is 2.50 bits per heavy atom. The van der Waals surface area contributed by atoms with E-state index in [4.69, 9.17) is 28.6 Å². The molecule has 2 aromatic carbocycles. The molecule has 1 fully saturated rings. The lowest BCUT2D eigenvalue weighted by molar-refractivity contribution is -0.384. The number of anilines is 2. The van der Waals surface area contributed by atoms with Crippen LogP contribution in [0.3, 0.4) is 0 Å². The van der Waals surface area contributed by atoms with E-state index in [9.17, 15) is 28.1 Å². The lowest BCUT2D eigenvalue weighted by atomic mass is 10.1. The zero-order chi connectivity index (χ0) is 23.5. The van der Waals surface area contributed by atoms with Crippen molar-refractivity contribution >= 4 is 51.9 Å². The summed E-state index contributed by atoms with van der Waals surface area (Å²) in [6.07, 6.45) is -4.58. The number of non-ortho nitro benzene ring substituents is 1. The number of benzene rings is 2. The number of nitro benzene ring substituents is 1. The molecule has 0 atom stereocenters. The molecule has 13 heteroatoms. The maximum Gasteiger partial charge on any atom is 0.416 e. The van der Waals surface area contributed by atoms with E-state index in [0.29, 0.717) is 32.0 Å². The molecule has 3 rings (SSSR count). The van der Waals surface area contributed by atoms with Crippen LogP contribution in [0.15, 0.2) is 36.4 Å². The van der Waals surface area contributed by atoms with E-state index in [2.05, 4.69) is 10.6 Å². The predicted octanol–water partition coefficient (Wildman–Crippen LogP) is 4.23. The number of hydrogen-bond acceptors (Lipinski definition) is 6. The van der Waals surface area contributed by atoms with E-state index in [0.717, 1.165) is 24.3 Å². The van der Waals surface area contributed by atoms with Crippen LogP contribution < -0.4 is 15.5 Å². The van der Waals surface area contributed by atoms with Gasteiger partial charge in [0.05, 0.1) is 45.7 Å². The van der Waals surface area contributed by atoms with Crippen LogP contribution >= 0.6 is 23.8 Å². The van der Waals surface area contributed by atoms with E-state index in [1.165, 1.54) is 12.1 Å². The van der Waals surface area contributed by atoms with Crippen molar-refractivity contribution in [2.75, 3.05) is 36.5 Å². The molecule has 1 heterocycles. The van der Waals surface area contributed by atoms with E-state index < -0.39 is 22.6 Å². The zero-order valence-electron chi connectivity index (χ0n) is 16.2. The van der Waals surface area contributed by atoms with Gasteiger partial charge in [0.25, 0.3) is 11.6 Å². The minimum Gasteiger partial charge on any atom is -0.378 e. The van der Waals surface area contributed by atoms with Crippen molar-refractivity contribution in [3.63, 3.8) is 0 Å². The van der Waals surface area contributed by atoms with Gasteiger partial charge in [-0.3, -0.25) is 20.2 Å². The van der Waals surface area contributed by atoms with Crippen LogP contribution in [0.2, 0.25) is 5.02 Å². The SMILES string of the molecule is O=C(NC(=S)Nc1cc(C(F)(F)F)ccc1N1CCOCC1)c1cc([N+](=O)[O-])ccc1Cl. The second-order valence-corrected chi connectivity index (χ2v) is 7.47. The van der Waals surface area contributed by atoms with Crippen molar-refractivity contribution in [1.82, 2.24) is 5.32 Å². The summed E-state index contributed by atoms with van der Waals surface area (Å²) in [5, 5.41) is 15.5. The molecule has 170 valence electrons. The first kappa shape index (κ1) is 23.7. The Morgan fingerprint density at radius 2 is 1.88 bits per heavy atom. The summed E-state index contributed by atoms with van der Waals surface area (Å²) < 4.78 is 44.9. The Hall–Kier alpha value is -2.96. The van der Waals surface area contributed by atoms with E-state index in [-0.39, 0.29) is 27.1 Å². The molecule has 32 heavy (non-hydrogen) atoms. The van der Waals surface area contributed by atoms with Crippen molar-refractivity contribution in [2.45, 2.75) is 6.18 Å². The van der Waals surface area contributed by atoms with Gasteiger partial charge >= 0.3 is 6.18 Å². The molecule has 0 saturated carbocycles. The maximum atomic E-state index is 13.2. The highest BCUT2D eigenvalue weighted by Crippen LogP contribution is 2.35. The Labute approximate surface area is 190 Å². The first-order chi connectivity index (χ1) is 15.1. The first-order valence-electron chi connectivity index (χ1n) is 9.16. The number of alkyl halides is 3. The van der Waals surface area contributed by atoms with Crippen LogP contribution in [-0.2, 0) is 10.9 Å². The third kappa shape index (κ3) is 5.64. The van der Waals surface area contributed by atoms with Gasteiger partial charge in [-0.25, -0.2) is 0 Å². The van der Waals surface area contributed by atoms with Crippen LogP contribution in [0, 0.1) is 10.1 Å². The molecule has 1 aliphatic heterocycles. The van der Waals surface area contributed by atoms with Crippen molar-refractivity contribution in [3.8, 4) is 0 Å². The molecule has 0 aromatic heterocycles. The van der Waals surface area contributed by atoms with Gasteiger partial charge < -0.3 is 15.0 Å². The highest BCUT2D eigenvalue weighted by Gasteiger charge is 2.32. The number of carbonyl (C=O) groups excluding carboxylic acids is 1. The van der Waals surface area contributed by atoms with Crippen LogP contribution in [0.25, 0.3) is 0 Å². The summed E-state index contributed by atoms with van der Waals surface area (Å²) in [4.78, 5) is 24.6. The molecule has 1 amide bonds. The minimum absolute atomic E-state index is 0.0390. The van der Waals surface area contributed by atoms with Gasteiger partial charge in [0.15, 0.2) is 5.11 Å². The molecular weight excluding hydrogens is 473 g/mol. The number of amides is 1. The van der Waals surface area contributed by atoms with Crippen molar-refractivity contribution in [3.05, 3.63) is 62.7 Å². The number of nitrogens with one attached hydrogen (secondary N) is 2. The fraction of sp³-hybridized carbons (Fsp3) is 0.263. The lowest BCUT2D eigenvalue weighted by Crippen LogP contribution is -2.38. The molecule has 0 spiro atoms. The maximum absolute atomic E-state index is 13.2. The summed E-state index contributed by atoms with van der Waals surface area (Å²) in [5.74, 6) is -0.851. The predicted molar refractivity (Wildman–Crippen MR) is 116 cm³/mol. The van der Waals surface area contributed by atoms with E-state index in [1.54, 1.807) is 0 Å². The standard InChI is InChI=1S/C19H16ClF3N4O4S/c20-14-3-2-12(27(29)30)10-13(14)17(28)25-18(32)24-15-9-11(19(21,22)23)1-4-16(15)26-5-7-31-8-6-26/h1-4,9-10H,5-8H2,(H2,24,25,28,32). The van der Waals surface area contributed by atoms with E-state index >= 15 is 0 Å². The fourth-order valence-corrected chi connectivity index (χ4v) is 3.42. The molecule has 1 aliphatic rings. The number of hydrogen-bond donors (Lipinski definition) is 2. The molecule has 0 radical (unpaired) electrons. The molecular formula is C19H16ClF3N4O4S. The monoisotopic (exact) mass is 488 g/mol. The summed E-state index contributed by atoms with van der Waals surface area (Å²) in [6, 6.07) is 6.47. The van der Waals surface area contributed by atoms with Crippen molar-refractivity contribution < 1.29 is 27.6 Å². The van der Waals surface area contributed by atoms with Crippen LogP contribution in [0.5, 0.6) is 0 Å². The molecule has 2 N–H and O–H groups in total. The second kappa shape index (κ2) is 9.67. The molecule has 0 aliphatic carbocycles. The first-order valence-corrected chi connectivity index (χ1v) is 9.95. The van der Waals surface area contributed by atoms with Gasteiger partial charge in [-0.05, 0) is 36.5 Å². The van der Waals surface area contributed by atoms with Gasteiger partial charge in [-0.2, -0.15) is 13.2 Å². The number of thiocarbonyl (C=S) groups is 1. The number of rotatable bonds is 4. The number of ether oxygens (including phenoxy) is 1. The second-order valence-electron chi connectivity index (χ2n) is 6.66. The van der Waals surface area contributed by atoms with Crippen molar-refractivity contribution in [2.24, 2.45) is 0 Å². The van der Waals surface area contributed by atoms with Crippen LogP contribution in [-0.4, -0.2) is 42.2 Å². The highest BCUT2D eigenvalue weighted by molar-refractivity contribution is 7.80. The summed E-state index contributed by atoms with van der Waals surface area (Å²) in [5.41, 5.74) is -0.968. The topological polar surface area (TPSA) is 96.7 Å². The number of nitro groups is 1. The van der Waals surface area contributed by atoms with Gasteiger partial charge in [-0.15, -0.1) is 0 Å². The summed E-state index contributed by atoms with van der Waals surface area (Å²) in [7, 11) is 0. The molecule has 8 nitrogen and oxygen atoms in total. The molecule has 2 aromatic rings. The highest BCUT2D eigenvalue weighted by atomic mass is 35.5. The summed E-state index contributed by atoms with van der Waals surface area (Å²) >= 11 is 11.0. The normalized spacial score (nSPS) is 14.1. The molecule has 0 bridgehead atoms. The Kier molecular flexibility index (Phi) is 7.16. The van der Waals surface area contributed by atoms with Gasteiger partial charge in [0, 0.05) is 25.2 Å². The molecule has 0 unspecified atom stereocenters. The smallest absolute Gasteiger partial charge is 0.378 e. The quantitative estimate of drug-likeness (QED) is 0.377. The van der Waals surface area contributed by atoms with E-state index in [1.807, 2.05) is 4.90 Å². The van der Waals surface area contributed by atoms with Gasteiger partial charge in [0.2, 0.25) is 0 Å². The average molecular weight is 489 g/mol. The Balaban J connectivity index is 1.83. The Morgan fingerprint density at radius 1 is 1.19 bits per heavy atom. The number of carbonyl (C=O) groups is 1. The third-order valence-corrected chi connectivity index (χ3v) is 5.09. The number of halogens is 4. The average Bonchev–Trinajstić information content (AvgIpc) is 2.73. The van der Waals surface area contributed by atoms with Crippen LogP contribution in [0.1, 0.15) is 15.9 Å². The third-order valence-electron chi connectivity index (χ3n) is 4.56. The fourth-order valence-electron chi connectivity index (χ4n) is 3.02. The largest absolute Gasteiger partial charge is 0.416 e. The minimum atomic E-state index is -4.58. The number of nitrogens with zero attached hydrogens (tertiary/aromatic N) is 2.